The zero-order chi connectivity index (χ0) is 34.9. The van der Waals surface area contributed by atoms with E-state index in [0.29, 0.717) is 43.7 Å². The minimum atomic E-state index is -0.685. The van der Waals surface area contributed by atoms with E-state index in [4.69, 9.17) is 19.3 Å². The molecule has 0 fully saturated rings. The molecule has 9 nitrogen and oxygen atoms in total. The summed E-state index contributed by atoms with van der Waals surface area (Å²) in [5, 5.41) is 8.63. The van der Waals surface area contributed by atoms with Crippen molar-refractivity contribution in [1.29, 1.82) is 0 Å². The Hall–Kier alpha value is -2.13. The van der Waals surface area contributed by atoms with Crippen LogP contribution in [0, 0.1) is 0 Å². The van der Waals surface area contributed by atoms with Gasteiger partial charge in [-0.05, 0) is 51.4 Å². The first-order chi connectivity index (χ1) is 22.6. The number of unbranched alkanes of at least 4 members (excludes halogenated alkanes) is 19. The molecule has 1 N–H and O–H groups in total. The maximum Gasteiger partial charge on any atom is 0.361 e. The van der Waals surface area contributed by atoms with Crippen molar-refractivity contribution in [3.8, 4) is 0 Å². The predicted octanol–water partition coefficient (Wildman–Crippen LogP) is 5.72. The number of carboxylic acid groups (broad SMARTS) is 1. The third-order valence-corrected chi connectivity index (χ3v) is 8.30. The molecular weight excluding hydrogens is 634 g/mol. The number of rotatable bonds is 34. The number of ether oxygens (including phenoxy) is 3. The van der Waals surface area contributed by atoms with Gasteiger partial charge in [-0.1, -0.05) is 102 Å². The fourth-order valence-electron chi connectivity index (χ4n) is 5.34. The van der Waals surface area contributed by atoms with Crippen LogP contribution in [0.2, 0.25) is 0 Å². The van der Waals surface area contributed by atoms with Crippen LogP contribution in [0.5, 0.6) is 0 Å². The van der Waals surface area contributed by atoms with Gasteiger partial charge < -0.3 is 36.2 Å². The quantitative estimate of drug-likeness (QED) is 0.0298. The molecule has 0 saturated carbocycles. The molecule has 0 aliphatic rings. The Morgan fingerprint density at radius 2 is 0.917 bits per heavy atom. The minimum absolute atomic E-state index is 0. The Morgan fingerprint density at radius 1 is 0.521 bits per heavy atom. The number of quaternary nitrogens is 1. The molecule has 0 aliphatic heterocycles. The van der Waals surface area contributed by atoms with E-state index >= 15 is 0 Å². The SMILES string of the molecule is CC(=O)OCC[N+](C)(C)CC(=O)OCCCCCCCCCCOC(=O)CCCCCCCC/C=C/CCCCCCCCC(=O)O.[Cl-]. The Kier molecular flexibility index (Phi) is 34.7. The summed E-state index contributed by atoms with van der Waals surface area (Å²) in [7, 11) is 3.84. The van der Waals surface area contributed by atoms with Crippen molar-refractivity contribution in [2.24, 2.45) is 0 Å². The molecule has 0 saturated heterocycles. The van der Waals surface area contributed by atoms with Gasteiger partial charge >= 0.3 is 23.9 Å². The number of hydrogen-bond donors (Lipinski definition) is 1. The Bertz CT molecular complexity index is 834. The van der Waals surface area contributed by atoms with E-state index in [1.807, 2.05) is 14.1 Å². The summed E-state index contributed by atoms with van der Waals surface area (Å²) in [6.45, 7) is 3.50. The number of likely N-dealkylation sites (N-methyl/N-ethyl adjacent to an activating group) is 1. The molecule has 10 heteroatoms. The number of carbonyl (C=O) groups excluding carboxylic acids is 3. The average Bonchev–Trinajstić information content (AvgIpc) is 3.00. The molecule has 48 heavy (non-hydrogen) atoms. The molecule has 282 valence electrons. The number of hydrogen-bond acceptors (Lipinski definition) is 7. The molecule has 0 aromatic rings. The first kappa shape index (κ1) is 48.0. The van der Waals surface area contributed by atoms with Crippen LogP contribution >= 0.6 is 0 Å². The van der Waals surface area contributed by atoms with Crippen LogP contribution in [0.4, 0.5) is 0 Å². The maximum atomic E-state index is 12.1. The van der Waals surface area contributed by atoms with Gasteiger partial charge in [-0.3, -0.25) is 14.4 Å². The maximum absolute atomic E-state index is 12.1. The summed E-state index contributed by atoms with van der Waals surface area (Å²) in [6, 6.07) is 0. The molecule has 0 unspecified atom stereocenters. The van der Waals surface area contributed by atoms with Crippen molar-refractivity contribution in [2.75, 3.05) is 47.0 Å². The first-order valence-corrected chi connectivity index (χ1v) is 18.8. The molecule has 0 aromatic heterocycles. The van der Waals surface area contributed by atoms with E-state index in [2.05, 4.69) is 12.2 Å². The lowest BCUT2D eigenvalue weighted by molar-refractivity contribution is -0.883. The van der Waals surface area contributed by atoms with Crippen molar-refractivity contribution in [3.63, 3.8) is 0 Å². The van der Waals surface area contributed by atoms with Crippen LogP contribution in [-0.2, 0) is 33.4 Å². The lowest BCUT2D eigenvalue weighted by Crippen LogP contribution is -3.00. The van der Waals surface area contributed by atoms with Gasteiger partial charge in [0.1, 0.15) is 13.2 Å². The molecule has 0 aromatic carbocycles. The molecule has 0 atom stereocenters. The fraction of sp³-hybridized carbons (Fsp3) is 0.842. The molecule has 0 bridgehead atoms. The topological polar surface area (TPSA) is 116 Å². The second-order valence-corrected chi connectivity index (χ2v) is 13.6. The second kappa shape index (κ2) is 34.7. The van der Waals surface area contributed by atoms with Crippen molar-refractivity contribution in [1.82, 2.24) is 0 Å². The second-order valence-electron chi connectivity index (χ2n) is 13.6. The first-order valence-electron chi connectivity index (χ1n) is 18.8. The highest BCUT2D eigenvalue weighted by atomic mass is 35.5. The number of allylic oxidation sites excluding steroid dienone is 2. The largest absolute Gasteiger partial charge is 1.00 e. The smallest absolute Gasteiger partial charge is 0.361 e. The molecule has 0 spiro atoms. The predicted molar refractivity (Wildman–Crippen MR) is 188 cm³/mol. The van der Waals surface area contributed by atoms with Crippen LogP contribution in [0.15, 0.2) is 12.2 Å². The van der Waals surface area contributed by atoms with E-state index in [1.54, 1.807) is 0 Å². The third kappa shape index (κ3) is 38.3. The Labute approximate surface area is 298 Å². The van der Waals surface area contributed by atoms with Gasteiger partial charge in [0.2, 0.25) is 0 Å². The molecular formula is C38H70ClNO8. The molecule has 0 heterocycles. The Morgan fingerprint density at radius 3 is 1.38 bits per heavy atom. The summed E-state index contributed by atoms with van der Waals surface area (Å²) < 4.78 is 16.1. The summed E-state index contributed by atoms with van der Waals surface area (Å²) >= 11 is 0. The number of carboxylic acids is 1. The lowest BCUT2D eigenvalue weighted by atomic mass is 10.1. The summed E-state index contributed by atoms with van der Waals surface area (Å²) in [5.41, 5.74) is 0. The third-order valence-electron chi connectivity index (χ3n) is 8.30. The molecule has 0 radical (unpaired) electrons. The number of nitrogens with zero attached hydrogens (tertiary/aromatic N) is 1. The molecule has 0 amide bonds. The van der Waals surface area contributed by atoms with E-state index in [0.717, 1.165) is 83.5 Å². The van der Waals surface area contributed by atoms with Gasteiger partial charge in [0, 0.05) is 19.8 Å². The van der Waals surface area contributed by atoms with Crippen molar-refractivity contribution < 1.29 is 55.4 Å². The van der Waals surface area contributed by atoms with Crippen molar-refractivity contribution in [3.05, 3.63) is 12.2 Å². The van der Waals surface area contributed by atoms with Gasteiger partial charge in [-0.25, -0.2) is 4.79 Å². The highest BCUT2D eigenvalue weighted by Gasteiger charge is 2.21. The highest BCUT2D eigenvalue weighted by molar-refractivity contribution is 5.70. The average molecular weight is 704 g/mol. The van der Waals surface area contributed by atoms with Crippen molar-refractivity contribution in [2.45, 2.75) is 161 Å². The van der Waals surface area contributed by atoms with Crippen LogP contribution in [0.25, 0.3) is 0 Å². The van der Waals surface area contributed by atoms with Crippen LogP contribution in [0.1, 0.15) is 161 Å². The lowest BCUT2D eigenvalue weighted by Gasteiger charge is -2.28. The van der Waals surface area contributed by atoms with Gasteiger partial charge in [-0.2, -0.15) is 0 Å². The minimum Gasteiger partial charge on any atom is -1.00 e. The molecule has 0 rings (SSSR count). The van der Waals surface area contributed by atoms with Crippen LogP contribution < -0.4 is 12.4 Å². The Balaban J connectivity index is 0. The monoisotopic (exact) mass is 703 g/mol. The molecule has 0 aliphatic carbocycles. The van der Waals surface area contributed by atoms with Gasteiger partial charge in [0.15, 0.2) is 6.54 Å². The van der Waals surface area contributed by atoms with Crippen LogP contribution in [0.3, 0.4) is 0 Å². The summed E-state index contributed by atoms with van der Waals surface area (Å²) in [4.78, 5) is 45.4. The fourth-order valence-corrected chi connectivity index (χ4v) is 5.34. The number of carbonyl (C=O) groups is 4. The number of esters is 3. The zero-order valence-corrected chi connectivity index (χ0v) is 31.5. The standard InChI is InChI=1S/C38H69NO8.ClH/c1-35(40)45-33-30-39(2,3)34-38(44)47-32-27-23-19-15-14-18-22-26-31-46-37(43)29-25-21-17-13-11-9-7-5-4-6-8-10-12-16-20-24-28-36(41)42;/h4-5H,6-34H2,1-3H3;1H/b5-4+;. The van der Waals surface area contributed by atoms with Crippen LogP contribution in [-0.4, -0.2) is 80.5 Å². The van der Waals surface area contributed by atoms with E-state index in [9.17, 15) is 19.2 Å². The van der Waals surface area contributed by atoms with Gasteiger partial charge in [-0.15, -0.1) is 0 Å². The van der Waals surface area contributed by atoms with E-state index in [1.165, 1.54) is 64.7 Å². The van der Waals surface area contributed by atoms with Crippen molar-refractivity contribution >= 4 is 23.9 Å². The van der Waals surface area contributed by atoms with E-state index in [-0.39, 0.29) is 36.9 Å². The summed E-state index contributed by atoms with van der Waals surface area (Å²) in [6.07, 6.45) is 29.9. The van der Waals surface area contributed by atoms with Gasteiger partial charge in [0.05, 0.1) is 27.3 Å². The summed E-state index contributed by atoms with van der Waals surface area (Å²) in [5.74, 6) is -1.27. The number of aliphatic carboxylic acids is 1. The van der Waals surface area contributed by atoms with E-state index < -0.39 is 5.97 Å². The highest BCUT2D eigenvalue weighted by Crippen LogP contribution is 2.12. The van der Waals surface area contributed by atoms with Gasteiger partial charge in [0.25, 0.3) is 0 Å². The zero-order valence-electron chi connectivity index (χ0n) is 30.8. The number of halogens is 1. The normalized spacial score (nSPS) is 11.3.